The van der Waals surface area contributed by atoms with Crippen molar-refractivity contribution in [1.82, 2.24) is 0 Å². The Kier molecular flexibility index (Phi) is 6.94. The molecule has 0 heterocycles. The summed E-state index contributed by atoms with van der Waals surface area (Å²) in [5.74, 6) is 0. The maximum absolute atomic E-state index is 1.85. The molecule has 99 valence electrons. The Morgan fingerprint density at radius 3 is 1.06 bits per heavy atom. The fourth-order valence-electron chi connectivity index (χ4n) is 3.47. The van der Waals surface area contributed by atoms with Gasteiger partial charge in [-0.3, -0.25) is 0 Å². The molecule has 2 fully saturated rings. The molecule has 0 unspecified atom stereocenters. The summed E-state index contributed by atoms with van der Waals surface area (Å²) < 4.78 is 0. The van der Waals surface area contributed by atoms with Crippen molar-refractivity contribution in [3.05, 3.63) is 0 Å². The van der Waals surface area contributed by atoms with E-state index < -0.39 is 0 Å². The Bertz CT molecular complexity index is 154. The molecule has 17 heavy (non-hydrogen) atoms. The smallest absolute Gasteiger partial charge is 0.0168 e. The Hall–Kier alpha value is 0.430. The summed E-state index contributed by atoms with van der Waals surface area (Å²) in [5.41, 5.74) is 2.14. The first-order chi connectivity index (χ1) is 8.45. The van der Waals surface area contributed by atoms with Crippen molar-refractivity contribution in [3.63, 3.8) is 0 Å². The monoisotopic (exact) mass is 253 g/mol. The van der Waals surface area contributed by atoms with E-state index in [-0.39, 0.29) is 0 Å². The molecule has 0 bridgehead atoms. The summed E-state index contributed by atoms with van der Waals surface area (Å²) in [6.07, 6.45) is 21.3. The lowest BCUT2D eigenvalue weighted by Gasteiger charge is -2.26. The van der Waals surface area contributed by atoms with Crippen molar-refractivity contribution in [1.29, 1.82) is 0 Å². The lowest BCUT2D eigenvalue weighted by Crippen LogP contribution is -2.12. The predicted molar refractivity (Wildman–Crippen MR) is 79.1 cm³/mol. The third-order valence-corrected chi connectivity index (χ3v) is 6.45. The third-order valence-electron chi connectivity index (χ3n) is 4.57. The van der Waals surface area contributed by atoms with Crippen LogP contribution in [0.2, 0.25) is 0 Å². The molecule has 0 amide bonds. The van der Waals surface area contributed by atoms with Gasteiger partial charge in [0.15, 0.2) is 0 Å². The van der Waals surface area contributed by atoms with Crippen LogP contribution in [-0.2, 0) is 0 Å². The van der Waals surface area contributed by atoms with E-state index >= 15 is 0 Å². The minimum atomic E-state index is 1.07. The normalized spacial score (nSPS) is 26.8. The molecule has 0 N–H and O–H groups in total. The van der Waals surface area contributed by atoms with Crippen LogP contribution in [0.5, 0.6) is 0 Å². The van der Waals surface area contributed by atoms with Crippen LogP contribution in [0.3, 0.4) is 0 Å². The standard InChI is InChI=1S/C16H30P/c1-3-7-11-15(12-8-4-1)17-16-13-9-5-2-6-10-14-16/h15-16H,1-14H2. The number of hydrogen-bond donors (Lipinski definition) is 0. The zero-order valence-corrected chi connectivity index (χ0v) is 12.4. The molecule has 0 spiro atoms. The van der Waals surface area contributed by atoms with Crippen molar-refractivity contribution in [3.8, 4) is 0 Å². The van der Waals surface area contributed by atoms with Crippen LogP contribution in [-0.4, -0.2) is 11.3 Å². The quantitative estimate of drug-likeness (QED) is 0.517. The topological polar surface area (TPSA) is 0 Å². The third kappa shape index (κ3) is 5.73. The molecule has 0 nitrogen and oxygen atoms in total. The SMILES string of the molecule is C1CCCC([P]C2CCCCCCC2)CCC1. The van der Waals surface area contributed by atoms with Gasteiger partial charge in [-0.2, -0.15) is 0 Å². The Morgan fingerprint density at radius 1 is 0.412 bits per heavy atom. The fourth-order valence-corrected chi connectivity index (χ4v) is 5.39. The second kappa shape index (κ2) is 8.52. The van der Waals surface area contributed by atoms with E-state index in [1.54, 1.807) is 0 Å². The molecule has 0 aliphatic heterocycles. The van der Waals surface area contributed by atoms with Gasteiger partial charge in [-0.05, 0) is 37.0 Å². The average Bonchev–Trinajstić information content (AvgIpc) is 2.24. The highest BCUT2D eigenvalue weighted by Gasteiger charge is 2.18. The zero-order chi connectivity index (χ0) is 11.8. The van der Waals surface area contributed by atoms with Gasteiger partial charge >= 0.3 is 0 Å². The van der Waals surface area contributed by atoms with Crippen molar-refractivity contribution in [2.75, 3.05) is 0 Å². The first-order valence-electron chi connectivity index (χ1n) is 8.15. The largest absolute Gasteiger partial charge is 0.0741 e. The van der Waals surface area contributed by atoms with E-state index in [2.05, 4.69) is 0 Å². The van der Waals surface area contributed by atoms with E-state index in [9.17, 15) is 0 Å². The molecule has 1 heteroatoms. The summed E-state index contributed by atoms with van der Waals surface area (Å²) >= 11 is 0. The van der Waals surface area contributed by atoms with Crippen molar-refractivity contribution in [2.45, 2.75) is 101 Å². The Morgan fingerprint density at radius 2 is 0.706 bits per heavy atom. The summed E-state index contributed by atoms with van der Waals surface area (Å²) in [7, 11) is 1.85. The second-order valence-corrected chi connectivity index (χ2v) is 7.91. The molecule has 2 aliphatic rings. The van der Waals surface area contributed by atoms with Gasteiger partial charge in [0.05, 0.1) is 0 Å². The average molecular weight is 253 g/mol. The maximum Gasteiger partial charge on any atom is -0.0168 e. The van der Waals surface area contributed by atoms with Gasteiger partial charge in [0.2, 0.25) is 0 Å². The molecular formula is C16H30P. The van der Waals surface area contributed by atoms with Crippen LogP contribution < -0.4 is 0 Å². The molecule has 2 aliphatic carbocycles. The highest BCUT2D eigenvalue weighted by atomic mass is 31.1. The van der Waals surface area contributed by atoms with Gasteiger partial charge in [0.1, 0.15) is 0 Å². The zero-order valence-electron chi connectivity index (χ0n) is 11.5. The van der Waals surface area contributed by atoms with Crippen LogP contribution in [0, 0.1) is 0 Å². The highest BCUT2D eigenvalue weighted by Crippen LogP contribution is 2.39. The summed E-state index contributed by atoms with van der Waals surface area (Å²) in [4.78, 5) is 0. The summed E-state index contributed by atoms with van der Waals surface area (Å²) in [5, 5.41) is 0. The highest BCUT2D eigenvalue weighted by molar-refractivity contribution is 7.39. The molecule has 0 aromatic carbocycles. The molecule has 0 atom stereocenters. The lowest BCUT2D eigenvalue weighted by molar-refractivity contribution is 0.493. The first-order valence-corrected chi connectivity index (χ1v) is 9.18. The van der Waals surface area contributed by atoms with Crippen molar-refractivity contribution < 1.29 is 0 Å². The van der Waals surface area contributed by atoms with Crippen LogP contribution in [0.15, 0.2) is 0 Å². The minimum absolute atomic E-state index is 1.07. The molecular weight excluding hydrogens is 223 g/mol. The van der Waals surface area contributed by atoms with Crippen molar-refractivity contribution in [2.24, 2.45) is 0 Å². The number of rotatable bonds is 2. The Labute approximate surface area is 110 Å². The van der Waals surface area contributed by atoms with Gasteiger partial charge in [0, 0.05) is 0 Å². The van der Waals surface area contributed by atoms with Gasteiger partial charge in [-0.1, -0.05) is 72.8 Å². The molecule has 0 aromatic heterocycles. The van der Waals surface area contributed by atoms with Gasteiger partial charge in [0.25, 0.3) is 0 Å². The van der Waals surface area contributed by atoms with Crippen LogP contribution in [0.4, 0.5) is 0 Å². The first kappa shape index (κ1) is 13.9. The molecule has 1 radical (unpaired) electrons. The van der Waals surface area contributed by atoms with Crippen LogP contribution in [0.25, 0.3) is 0 Å². The van der Waals surface area contributed by atoms with E-state index in [1.807, 2.05) is 8.58 Å². The van der Waals surface area contributed by atoms with E-state index in [0.717, 1.165) is 11.3 Å². The molecule has 2 saturated carbocycles. The van der Waals surface area contributed by atoms with E-state index in [1.165, 1.54) is 89.9 Å². The molecule has 0 saturated heterocycles. The molecule has 0 aromatic rings. The van der Waals surface area contributed by atoms with E-state index in [0.29, 0.717) is 0 Å². The van der Waals surface area contributed by atoms with Crippen molar-refractivity contribution >= 4 is 8.58 Å². The number of hydrogen-bond acceptors (Lipinski definition) is 0. The summed E-state index contributed by atoms with van der Waals surface area (Å²) in [6, 6.07) is 0. The van der Waals surface area contributed by atoms with E-state index in [4.69, 9.17) is 0 Å². The summed E-state index contributed by atoms with van der Waals surface area (Å²) in [6.45, 7) is 0. The predicted octanol–water partition coefficient (Wildman–Crippen LogP) is 6.16. The van der Waals surface area contributed by atoms with Gasteiger partial charge < -0.3 is 0 Å². The fraction of sp³-hybridized carbons (Fsp3) is 1.00. The minimum Gasteiger partial charge on any atom is -0.0741 e. The van der Waals surface area contributed by atoms with Crippen LogP contribution in [0.1, 0.15) is 89.9 Å². The molecule has 2 rings (SSSR count). The lowest BCUT2D eigenvalue weighted by atomic mass is 10.00. The van der Waals surface area contributed by atoms with Crippen LogP contribution >= 0.6 is 8.58 Å². The van der Waals surface area contributed by atoms with Gasteiger partial charge in [-0.15, -0.1) is 0 Å². The Balaban J connectivity index is 1.72. The second-order valence-electron chi connectivity index (χ2n) is 6.15. The van der Waals surface area contributed by atoms with Gasteiger partial charge in [-0.25, -0.2) is 0 Å². The maximum atomic E-state index is 1.85.